The highest BCUT2D eigenvalue weighted by atomic mass is 16.2. The molecule has 4 rings (SSSR count). The summed E-state index contributed by atoms with van der Waals surface area (Å²) in [6.07, 6.45) is 6.91. The van der Waals surface area contributed by atoms with Crippen LogP contribution in [-0.4, -0.2) is 17.3 Å². The number of ketones is 3. The summed E-state index contributed by atoms with van der Waals surface area (Å²) in [6.45, 7) is 7.42. The third-order valence-electron chi connectivity index (χ3n) is 7.29. The Morgan fingerprint density at radius 1 is 0.938 bits per heavy atom. The van der Waals surface area contributed by atoms with E-state index >= 15 is 0 Å². The van der Waals surface area contributed by atoms with Crippen LogP contribution in [0.1, 0.15) is 83.6 Å². The molecule has 1 atom stereocenters. The van der Waals surface area contributed by atoms with Crippen LogP contribution in [0, 0.1) is 25.7 Å². The fraction of sp³-hybridized carbons (Fsp3) is 0.414. The van der Waals surface area contributed by atoms with Gasteiger partial charge in [-0.1, -0.05) is 48.9 Å². The van der Waals surface area contributed by atoms with Crippen LogP contribution < -0.4 is 0 Å². The molecule has 0 aromatic heterocycles. The van der Waals surface area contributed by atoms with E-state index in [0.717, 1.165) is 48.8 Å². The number of rotatable bonds is 6. The summed E-state index contributed by atoms with van der Waals surface area (Å²) in [4.78, 5) is 37.6. The van der Waals surface area contributed by atoms with Crippen molar-refractivity contribution in [1.29, 1.82) is 0 Å². The number of hydrogen-bond acceptors (Lipinski definition) is 3. The van der Waals surface area contributed by atoms with Crippen molar-refractivity contribution in [3.05, 3.63) is 75.9 Å². The van der Waals surface area contributed by atoms with Crippen LogP contribution in [0.4, 0.5) is 0 Å². The quantitative estimate of drug-likeness (QED) is 0.407. The molecule has 0 spiro atoms. The van der Waals surface area contributed by atoms with E-state index in [9.17, 15) is 14.4 Å². The molecule has 2 aromatic carbocycles. The molecule has 0 aliphatic heterocycles. The number of hydrogen-bond donors (Lipinski definition) is 0. The maximum atomic E-state index is 13.4. The Bertz CT molecular complexity index is 1100. The largest absolute Gasteiger partial charge is 0.294 e. The van der Waals surface area contributed by atoms with E-state index in [4.69, 9.17) is 0 Å². The van der Waals surface area contributed by atoms with Crippen molar-refractivity contribution >= 4 is 22.9 Å². The molecule has 0 amide bonds. The molecule has 0 radical (unpaired) electrons. The van der Waals surface area contributed by atoms with Gasteiger partial charge in [0.15, 0.2) is 11.6 Å². The van der Waals surface area contributed by atoms with Crippen LogP contribution in [-0.2, 0) is 16.0 Å². The topological polar surface area (TPSA) is 51.2 Å². The summed E-state index contributed by atoms with van der Waals surface area (Å²) in [7, 11) is 0. The highest BCUT2D eigenvalue weighted by Gasteiger charge is 2.32. The third-order valence-corrected chi connectivity index (χ3v) is 7.29. The van der Waals surface area contributed by atoms with Gasteiger partial charge in [0.1, 0.15) is 0 Å². The molecule has 32 heavy (non-hydrogen) atoms. The Morgan fingerprint density at radius 2 is 1.59 bits per heavy atom. The van der Waals surface area contributed by atoms with Gasteiger partial charge in [0, 0.05) is 29.9 Å². The van der Waals surface area contributed by atoms with Crippen LogP contribution in [0.15, 0.2) is 42.5 Å². The summed E-state index contributed by atoms with van der Waals surface area (Å²) in [6, 6.07) is 12.7. The van der Waals surface area contributed by atoms with Crippen molar-refractivity contribution in [3.63, 3.8) is 0 Å². The van der Waals surface area contributed by atoms with E-state index in [2.05, 4.69) is 31.2 Å². The number of allylic oxidation sites excluding steroid dienone is 2. The first-order valence-corrected chi connectivity index (χ1v) is 11.8. The van der Waals surface area contributed by atoms with Crippen molar-refractivity contribution in [2.45, 2.75) is 65.7 Å². The fourth-order valence-corrected chi connectivity index (χ4v) is 5.33. The standard InChI is InChI=1S/C29H32O3/c1-17-5-7-21(8-6-17)15-22-9-11-23(12-10-22)29(32)25-16-26-24(13-19(25)3)18(2)14-27(26)28(31)20(4)30/h5-8,13-14,16,18,22-23H,9-12,15H2,1-4H3. The van der Waals surface area contributed by atoms with Gasteiger partial charge in [-0.25, -0.2) is 0 Å². The zero-order chi connectivity index (χ0) is 23.0. The van der Waals surface area contributed by atoms with E-state index in [0.29, 0.717) is 17.1 Å². The van der Waals surface area contributed by atoms with E-state index in [1.165, 1.54) is 18.1 Å². The number of aryl methyl sites for hydroxylation is 2. The Hall–Kier alpha value is -2.81. The second-order valence-electron chi connectivity index (χ2n) is 9.78. The third kappa shape index (κ3) is 4.39. The number of carbonyl (C=O) groups is 3. The molecule has 0 bridgehead atoms. The van der Waals surface area contributed by atoms with Gasteiger partial charge in [-0.2, -0.15) is 0 Å². The molecule has 2 aromatic rings. The zero-order valence-electron chi connectivity index (χ0n) is 19.5. The van der Waals surface area contributed by atoms with Crippen LogP contribution in [0.2, 0.25) is 0 Å². The molecular formula is C29H32O3. The zero-order valence-corrected chi connectivity index (χ0v) is 19.5. The first-order valence-electron chi connectivity index (χ1n) is 11.8. The molecule has 1 unspecified atom stereocenters. The van der Waals surface area contributed by atoms with Gasteiger partial charge in [-0.05, 0) is 80.2 Å². The Kier molecular flexibility index (Phi) is 6.28. The lowest BCUT2D eigenvalue weighted by molar-refractivity contribution is -0.131. The molecule has 3 nitrogen and oxygen atoms in total. The predicted octanol–water partition coefficient (Wildman–Crippen LogP) is 6.19. The second kappa shape index (κ2) is 8.97. The lowest BCUT2D eigenvalue weighted by Gasteiger charge is -2.28. The summed E-state index contributed by atoms with van der Waals surface area (Å²) in [5, 5.41) is 0. The Labute approximate surface area is 190 Å². The minimum Gasteiger partial charge on any atom is -0.294 e. The molecule has 1 saturated carbocycles. The van der Waals surface area contributed by atoms with Gasteiger partial charge in [-0.15, -0.1) is 0 Å². The van der Waals surface area contributed by atoms with Crippen molar-refractivity contribution in [2.75, 3.05) is 0 Å². The molecule has 0 N–H and O–H groups in total. The average molecular weight is 429 g/mol. The van der Waals surface area contributed by atoms with Gasteiger partial charge < -0.3 is 0 Å². The molecule has 2 aliphatic carbocycles. The smallest absolute Gasteiger partial charge is 0.228 e. The lowest BCUT2D eigenvalue weighted by atomic mass is 9.76. The van der Waals surface area contributed by atoms with Crippen molar-refractivity contribution < 1.29 is 14.4 Å². The van der Waals surface area contributed by atoms with E-state index < -0.39 is 11.6 Å². The van der Waals surface area contributed by atoms with E-state index in [1.807, 2.05) is 32.1 Å². The Morgan fingerprint density at radius 3 is 2.22 bits per heavy atom. The SMILES string of the molecule is CC(=O)C(=O)C1=CC(C)c2cc(C)c(C(=O)C3CCC(Cc4ccc(C)cc4)CC3)cc21. The summed E-state index contributed by atoms with van der Waals surface area (Å²) in [5.74, 6) is 0.00461. The molecular weight excluding hydrogens is 396 g/mol. The Balaban J connectivity index is 1.48. The minimum absolute atomic E-state index is 0.0378. The number of Topliss-reactive ketones (excluding diaryl/α,β-unsaturated/α-hetero) is 3. The maximum absolute atomic E-state index is 13.4. The molecule has 1 fully saturated rings. The summed E-state index contributed by atoms with van der Waals surface area (Å²) >= 11 is 0. The average Bonchev–Trinajstić information content (AvgIpc) is 3.09. The van der Waals surface area contributed by atoms with Gasteiger partial charge in [0.2, 0.25) is 5.78 Å². The van der Waals surface area contributed by atoms with Crippen LogP contribution in [0.25, 0.3) is 5.57 Å². The summed E-state index contributed by atoms with van der Waals surface area (Å²) in [5.41, 5.74) is 6.59. The fourth-order valence-electron chi connectivity index (χ4n) is 5.33. The van der Waals surface area contributed by atoms with E-state index in [-0.39, 0.29) is 17.6 Å². The van der Waals surface area contributed by atoms with Gasteiger partial charge in [0.25, 0.3) is 0 Å². The molecule has 0 saturated heterocycles. The molecule has 2 aliphatic rings. The lowest BCUT2D eigenvalue weighted by Crippen LogP contribution is -2.24. The first kappa shape index (κ1) is 22.4. The van der Waals surface area contributed by atoms with Crippen molar-refractivity contribution in [3.8, 4) is 0 Å². The van der Waals surface area contributed by atoms with Gasteiger partial charge >= 0.3 is 0 Å². The second-order valence-corrected chi connectivity index (χ2v) is 9.78. The molecule has 0 heterocycles. The number of benzene rings is 2. The van der Waals surface area contributed by atoms with Crippen molar-refractivity contribution in [1.82, 2.24) is 0 Å². The molecule has 166 valence electrons. The highest BCUT2D eigenvalue weighted by Crippen LogP contribution is 2.40. The maximum Gasteiger partial charge on any atom is 0.228 e. The minimum atomic E-state index is -0.463. The normalized spacial score (nSPS) is 22.2. The molecule has 3 heteroatoms. The number of carbonyl (C=O) groups excluding carboxylic acids is 3. The monoisotopic (exact) mass is 428 g/mol. The number of fused-ring (bicyclic) bond motifs is 1. The van der Waals surface area contributed by atoms with Crippen LogP contribution >= 0.6 is 0 Å². The summed E-state index contributed by atoms with van der Waals surface area (Å²) < 4.78 is 0. The van der Waals surface area contributed by atoms with E-state index in [1.54, 1.807) is 0 Å². The van der Waals surface area contributed by atoms with Crippen molar-refractivity contribution in [2.24, 2.45) is 11.8 Å². The van der Waals surface area contributed by atoms with Gasteiger partial charge in [0.05, 0.1) is 0 Å². The predicted molar refractivity (Wildman–Crippen MR) is 128 cm³/mol. The highest BCUT2D eigenvalue weighted by molar-refractivity contribution is 6.53. The first-order chi connectivity index (χ1) is 15.2. The van der Waals surface area contributed by atoms with Crippen LogP contribution in [0.3, 0.4) is 0 Å². The van der Waals surface area contributed by atoms with Gasteiger partial charge in [-0.3, -0.25) is 14.4 Å². The van der Waals surface area contributed by atoms with Crippen LogP contribution in [0.5, 0.6) is 0 Å².